The van der Waals surface area contributed by atoms with Crippen LogP contribution in [0.15, 0.2) is 58.0 Å². The summed E-state index contributed by atoms with van der Waals surface area (Å²) in [4.78, 5) is 18.4. The first-order valence-electron chi connectivity index (χ1n) is 7.15. The lowest BCUT2D eigenvalue weighted by Gasteiger charge is -2.24. The van der Waals surface area contributed by atoms with Gasteiger partial charge in [-0.3, -0.25) is 4.79 Å². The Labute approximate surface area is 142 Å². The summed E-state index contributed by atoms with van der Waals surface area (Å²) >= 11 is 2.92. The molecule has 0 aliphatic heterocycles. The van der Waals surface area contributed by atoms with Gasteiger partial charge in [0.25, 0.3) is 5.91 Å². The van der Waals surface area contributed by atoms with E-state index in [1.54, 1.807) is 15.8 Å². The summed E-state index contributed by atoms with van der Waals surface area (Å²) in [6.07, 6.45) is -0.701. The molecule has 3 rings (SSSR count). The van der Waals surface area contributed by atoms with Gasteiger partial charge in [0, 0.05) is 11.9 Å². The molecule has 0 spiro atoms. The minimum Gasteiger partial charge on any atom is -0.387 e. The van der Waals surface area contributed by atoms with Crippen LogP contribution in [0.25, 0.3) is 0 Å². The number of rotatable bonds is 6. The molecule has 0 fully saturated rings. The van der Waals surface area contributed by atoms with Crippen molar-refractivity contribution in [1.29, 1.82) is 0 Å². The number of thiophene rings is 1. The average Bonchev–Trinajstić information content (AvgIpc) is 3.27. The van der Waals surface area contributed by atoms with Gasteiger partial charge in [0.1, 0.15) is 5.69 Å². The standard InChI is InChI=1S/C17H16N2O2S2/c20-16(14-6-7-22-10-14)9-19(8-13-4-2-1-3-5-13)17(21)15-11-23-12-18-15/h1-7,10-12,16,20H,8-9H2. The van der Waals surface area contributed by atoms with Crippen LogP contribution in [0.3, 0.4) is 0 Å². The predicted octanol–water partition coefficient (Wildman–Crippen LogP) is 3.58. The molecule has 1 N–H and O–H groups in total. The molecule has 1 aromatic carbocycles. The second-order valence-electron chi connectivity index (χ2n) is 5.12. The average molecular weight is 344 g/mol. The molecule has 0 saturated carbocycles. The van der Waals surface area contributed by atoms with Crippen LogP contribution in [0.2, 0.25) is 0 Å². The van der Waals surface area contributed by atoms with E-state index in [1.165, 1.54) is 22.7 Å². The number of aliphatic hydroxyl groups is 1. The smallest absolute Gasteiger partial charge is 0.273 e. The third-order valence-corrected chi connectivity index (χ3v) is 4.76. The van der Waals surface area contributed by atoms with Gasteiger partial charge in [-0.25, -0.2) is 4.98 Å². The summed E-state index contributed by atoms with van der Waals surface area (Å²) in [5.41, 5.74) is 3.92. The number of hydrogen-bond donors (Lipinski definition) is 1. The summed E-state index contributed by atoms with van der Waals surface area (Å²) in [7, 11) is 0. The molecule has 2 aromatic heterocycles. The van der Waals surface area contributed by atoms with Gasteiger partial charge >= 0.3 is 0 Å². The fourth-order valence-electron chi connectivity index (χ4n) is 2.28. The highest BCUT2D eigenvalue weighted by atomic mass is 32.1. The second kappa shape index (κ2) is 7.50. The lowest BCUT2D eigenvalue weighted by Crippen LogP contribution is -2.34. The Morgan fingerprint density at radius 3 is 2.65 bits per heavy atom. The normalized spacial score (nSPS) is 12.0. The fraction of sp³-hybridized carbons (Fsp3) is 0.176. The van der Waals surface area contributed by atoms with Crippen molar-refractivity contribution in [2.75, 3.05) is 6.54 Å². The van der Waals surface area contributed by atoms with Crippen LogP contribution in [0.4, 0.5) is 0 Å². The van der Waals surface area contributed by atoms with Crippen LogP contribution < -0.4 is 0 Å². The molecule has 2 heterocycles. The van der Waals surface area contributed by atoms with Gasteiger partial charge in [-0.2, -0.15) is 11.3 Å². The van der Waals surface area contributed by atoms with Crippen LogP contribution in [0.1, 0.15) is 27.7 Å². The van der Waals surface area contributed by atoms with Crippen molar-refractivity contribution in [3.8, 4) is 0 Å². The molecule has 1 unspecified atom stereocenters. The van der Waals surface area contributed by atoms with Crippen LogP contribution in [-0.2, 0) is 6.54 Å². The molecular weight excluding hydrogens is 328 g/mol. The molecule has 0 aliphatic carbocycles. The molecule has 0 bridgehead atoms. The van der Waals surface area contributed by atoms with Crippen molar-refractivity contribution in [1.82, 2.24) is 9.88 Å². The maximum absolute atomic E-state index is 12.7. The van der Waals surface area contributed by atoms with Crippen LogP contribution in [0, 0.1) is 0 Å². The molecule has 23 heavy (non-hydrogen) atoms. The van der Waals surface area contributed by atoms with Crippen molar-refractivity contribution in [3.05, 3.63) is 74.9 Å². The number of amides is 1. The summed E-state index contributed by atoms with van der Waals surface area (Å²) in [6, 6.07) is 11.6. The van der Waals surface area contributed by atoms with Gasteiger partial charge in [-0.1, -0.05) is 30.3 Å². The minimum absolute atomic E-state index is 0.163. The van der Waals surface area contributed by atoms with E-state index in [9.17, 15) is 9.90 Å². The van der Waals surface area contributed by atoms with Crippen LogP contribution in [0.5, 0.6) is 0 Å². The summed E-state index contributed by atoms with van der Waals surface area (Å²) in [5.74, 6) is -0.163. The number of hydrogen-bond acceptors (Lipinski definition) is 5. The third-order valence-electron chi connectivity index (χ3n) is 3.48. The molecule has 1 amide bonds. The van der Waals surface area contributed by atoms with E-state index >= 15 is 0 Å². The van der Waals surface area contributed by atoms with Crippen molar-refractivity contribution < 1.29 is 9.90 Å². The van der Waals surface area contributed by atoms with Crippen molar-refractivity contribution >= 4 is 28.6 Å². The van der Waals surface area contributed by atoms with Gasteiger partial charge in [0.15, 0.2) is 0 Å². The van der Waals surface area contributed by atoms with E-state index in [0.29, 0.717) is 12.2 Å². The number of benzene rings is 1. The number of carbonyl (C=O) groups excluding carboxylic acids is 1. The Hall–Kier alpha value is -2.02. The largest absolute Gasteiger partial charge is 0.387 e. The fourth-order valence-corrected chi connectivity index (χ4v) is 3.51. The highest BCUT2D eigenvalue weighted by molar-refractivity contribution is 7.08. The topological polar surface area (TPSA) is 53.4 Å². The Morgan fingerprint density at radius 2 is 2.00 bits per heavy atom. The second-order valence-corrected chi connectivity index (χ2v) is 6.62. The predicted molar refractivity (Wildman–Crippen MR) is 92.6 cm³/mol. The molecule has 0 radical (unpaired) electrons. The van der Waals surface area contributed by atoms with Gasteiger partial charge in [0.05, 0.1) is 18.2 Å². The first-order chi connectivity index (χ1) is 11.2. The molecule has 1 atom stereocenters. The first-order valence-corrected chi connectivity index (χ1v) is 9.04. The number of carbonyl (C=O) groups is 1. The van der Waals surface area contributed by atoms with Crippen molar-refractivity contribution in [2.45, 2.75) is 12.6 Å². The third kappa shape index (κ3) is 4.04. The minimum atomic E-state index is -0.701. The Morgan fingerprint density at radius 1 is 1.17 bits per heavy atom. The quantitative estimate of drug-likeness (QED) is 0.743. The summed E-state index contributed by atoms with van der Waals surface area (Å²) < 4.78 is 0. The Kier molecular flexibility index (Phi) is 5.17. The zero-order valence-corrected chi connectivity index (χ0v) is 14.0. The SMILES string of the molecule is O=C(c1cscn1)N(Cc1ccccc1)CC(O)c1ccsc1. The van der Waals surface area contributed by atoms with Crippen molar-refractivity contribution in [2.24, 2.45) is 0 Å². The van der Waals surface area contributed by atoms with Gasteiger partial charge in [-0.05, 0) is 28.0 Å². The Bertz CT molecular complexity index is 727. The van der Waals surface area contributed by atoms with E-state index in [2.05, 4.69) is 4.98 Å². The van der Waals surface area contributed by atoms with E-state index in [4.69, 9.17) is 0 Å². The first kappa shape index (κ1) is 15.9. The Balaban J connectivity index is 1.79. The molecule has 118 valence electrons. The maximum Gasteiger partial charge on any atom is 0.273 e. The van der Waals surface area contributed by atoms with E-state index in [0.717, 1.165) is 11.1 Å². The molecule has 6 heteroatoms. The molecular formula is C17H16N2O2S2. The summed E-state index contributed by atoms with van der Waals surface area (Å²) in [6.45, 7) is 0.681. The zero-order valence-electron chi connectivity index (χ0n) is 12.3. The van der Waals surface area contributed by atoms with E-state index < -0.39 is 6.10 Å². The van der Waals surface area contributed by atoms with Crippen LogP contribution in [-0.4, -0.2) is 27.4 Å². The van der Waals surface area contributed by atoms with E-state index in [-0.39, 0.29) is 12.5 Å². The number of nitrogens with zero attached hydrogens (tertiary/aromatic N) is 2. The molecule has 0 saturated heterocycles. The van der Waals surface area contributed by atoms with Crippen molar-refractivity contribution in [3.63, 3.8) is 0 Å². The number of aromatic nitrogens is 1. The lowest BCUT2D eigenvalue weighted by molar-refractivity contribution is 0.0599. The van der Waals surface area contributed by atoms with Crippen LogP contribution >= 0.6 is 22.7 Å². The highest BCUT2D eigenvalue weighted by Gasteiger charge is 2.21. The monoisotopic (exact) mass is 344 g/mol. The zero-order chi connectivity index (χ0) is 16.1. The highest BCUT2D eigenvalue weighted by Crippen LogP contribution is 2.20. The van der Waals surface area contributed by atoms with Gasteiger partial charge in [0.2, 0.25) is 0 Å². The van der Waals surface area contributed by atoms with Gasteiger partial charge < -0.3 is 10.0 Å². The lowest BCUT2D eigenvalue weighted by atomic mass is 10.1. The van der Waals surface area contributed by atoms with Gasteiger partial charge in [-0.15, -0.1) is 11.3 Å². The summed E-state index contributed by atoms with van der Waals surface area (Å²) in [5, 5.41) is 16.0. The van der Waals surface area contributed by atoms with E-state index in [1.807, 2.05) is 47.2 Å². The molecule has 0 aliphatic rings. The molecule has 3 aromatic rings. The number of aliphatic hydroxyl groups excluding tert-OH is 1. The molecule has 4 nitrogen and oxygen atoms in total. The number of thiazole rings is 1. The maximum atomic E-state index is 12.7.